The topological polar surface area (TPSA) is 86.6 Å². The number of fused-ring (bicyclic) bond motifs is 4. The largest absolute Gasteiger partial charge is 0.450 e. The van der Waals surface area contributed by atoms with Gasteiger partial charge in [-0.25, -0.2) is 4.79 Å². The molecular weight excluding hydrogens is 404 g/mol. The van der Waals surface area contributed by atoms with Gasteiger partial charge in [-0.3, -0.25) is 4.79 Å². The number of hydrogen-bond donors (Lipinski definition) is 3. The van der Waals surface area contributed by atoms with Crippen molar-refractivity contribution in [1.82, 2.24) is 20.9 Å². The number of hydrogen-bond acceptors (Lipinski definition) is 4. The Hall–Kier alpha value is -3.32. The Morgan fingerprint density at radius 1 is 1.06 bits per heavy atom. The van der Waals surface area contributed by atoms with E-state index < -0.39 is 0 Å². The van der Waals surface area contributed by atoms with E-state index in [0.717, 1.165) is 54.6 Å². The highest BCUT2D eigenvalue weighted by molar-refractivity contribution is 6.00. The van der Waals surface area contributed by atoms with Crippen LogP contribution in [-0.2, 0) is 6.54 Å². The Morgan fingerprint density at radius 2 is 1.84 bits per heavy atom. The summed E-state index contributed by atoms with van der Waals surface area (Å²) in [6, 6.07) is 15.6. The number of carbonyl (C=O) groups excluding carboxylic acids is 2. The molecule has 0 spiro atoms. The first-order valence-corrected chi connectivity index (χ1v) is 11.2. The van der Waals surface area contributed by atoms with Gasteiger partial charge in [-0.15, -0.1) is 0 Å². The Bertz CT molecular complexity index is 1150. The first kappa shape index (κ1) is 20.6. The summed E-state index contributed by atoms with van der Waals surface area (Å²) in [7, 11) is 1.59. The van der Waals surface area contributed by atoms with Gasteiger partial charge < -0.3 is 25.3 Å². The van der Waals surface area contributed by atoms with E-state index in [0.29, 0.717) is 23.8 Å². The smallest absolute Gasteiger partial charge is 0.314 e. The fraction of sp³-hybridized carbons (Fsp3) is 0.360. The number of urea groups is 1. The molecule has 0 radical (unpaired) electrons. The Balaban J connectivity index is 1.42. The molecule has 7 nitrogen and oxygen atoms in total. The second kappa shape index (κ2) is 8.67. The predicted molar refractivity (Wildman–Crippen MR) is 123 cm³/mol. The summed E-state index contributed by atoms with van der Waals surface area (Å²) in [6.07, 6.45) is 2.30. The van der Waals surface area contributed by atoms with Crippen molar-refractivity contribution >= 4 is 22.9 Å². The number of carbonyl (C=O) groups is 2. The Labute approximate surface area is 187 Å². The minimum atomic E-state index is -0.234. The molecule has 2 bridgehead atoms. The summed E-state index contributed by atoms with van der Waals surface area (Å²) in [5.41, 5.74) is 3.52. The third-order valence-electron chi connectivity index (χ3n) is 6.71. The maximum atomic E-state index is 13.0. The van der Waals surface area contributed by atoms with E-state index in [9.17, 15) is 9.59 Å². The highest BCUT2D eigenvalue weighted by Crippen LogP contribution is 2.33. The van der Waals surface area contributed by atoms with Crippen molar-refractivity contribution in [1.29, 1.82) is 0 Å². The number of piperidine rings is 3. The molecule has 166 valence electrons. The van der Waals surface area contributed by atoms with E-state index >= 15 is 0 Å². The first-order valence-electron chi connectivity index (χ1n) is 11.2. The van der Waals surface area contributed by atoms with Gasteiger partial charge in [-0.05, 0) is 49.0 Å². The number of benzene rings is 2. The van der Waals surface area contributed by atoms with Crippen molar-refractivity contribution in [3.05, 3.63) is 59.9 Å². The second-order valence-corrected chi connectivity index (χ2v) is 8.64. The third kappa shape index (κ3) is 3.96. The van der Waals surface area contributed by atoms with Crippen LogP contribution in [0.2, 0.25) is 0 Å². The summed E-state index contributed by atoms with van der Waals surface area (Å²) >= 11 is 0. The van der Waals surface area contributed by atoms with Crippen LogP contribution < -0.4 is 16.0 Å². The van der Waals surface area contributed by atoms with Crippen LogP contribution in [0.5, 0.6) is 0 Å². The molecule has 4 heterocycles. The van der Waals surface area contributed by atoms with Crippen LogP contribution in [0.4, 0.5) is 4.79 Å². The summed E-state index contributed by atoms with van der Waals surface area (Å²) in [5.74, 6) is 0.744. The molecule has 0 aliphatic carbocycles. The van der Waals surface area contributed by atoms with Gasteiger partial charge in [0.15, 0.2) is 5.76 Å². The summed E-state index contributed by atoms with van der Waals surface area (Å²) < 4.78 is 6.11. The molecule has 0 unspecified atom stereocenters. The molecule has 3 aromatic rings. The van der Waals surface area contributed by atoms with E-state index in [1.807, 2.05) is 48.5 Å². The van der Waals surface area contributed by atoms with Crippen LogP contribution in [0, 0.1) is 5.92 Å². The lowest BCUT2D eigenvalue weighted by Gasteiger charge is -2.44. The van der Waals surface area contributed by atoms with Gasteiger partial charge in [0.25, 0.3) is 5.91 Å². The van der Waals surface area contributed by atoms with Gasteiger partial charge in [0.1, 0.15) is 5.58 Å². The standard InChI is InChI=1S/C25H28N4O3/c1-26-25(31)27-14-18-5-2-3-7-19(18)20-8-4-6-17-13-22(32-23(17)20)24(30)28-21-15-29-11-9-16(21)10-12-29/h2-8,13,16,21H,9-12,14-15H2,1H3,(H,28,30)(H2,26,27,31)/t21-/m0/s1. The van der Waals surface area contributed by atoms with Gasteiger partial charge in [0, 0.05) is 37.1 Å². The maximum absolute atomic E-state index is 13.0. The second-order valence-electron chi connectivity index (χ2n) is 8.64. The minimum absolute atomic E-state index is 0.152. The van der Waals surface area contributed by atoms with E-state index in [-0.39, 0.29) is 18.0 Å². The zero-order valence-corrected chi connectivity index (χ0v) is 18.2. The lowest BCUT2D eigenvalue weighted by molar-refractivity contribution is 0.0607. The average Bonchev–Trinajstić information content (AvgIpc) is 3.28. The molecule has 3 fully saturated rings. The van der Waals surface area contributed by atoms with E-state index in [1.54, 1.807) is 7.05 Å². The fourth-order valence-corrected chi connectivity index (χ4v) is 4.96. The normalized spacial score (nSPS) is 22.0. The molecule has 6 rings (SSSR count). The Morgan fingerprint density at radius 3 is 2.59 bits per heavy atom. The third-order valence-corrected chi connectivity index (χ3v) is 6.71. The number of amides is 3. The predicted octanol–water partition coefficient (Wildman–Crippen LogP) is 3.35. The first-order chi connectivity index (χ1) is 15.6. The molecule has 3 aliphatic heterocycles. The zero-order chi connectivity index (χ0) is 22.1. The van der Waals surface area contributed by atoms with Crippen LogP contribution in [0.1, 0.15) is 29.0 Å². The lowest BCUT2D eigenvalue weighted by atomic mass is 9.84. The van der Waals surface area contributed by atoms with Gasteiger partial charge in [-0.1, -0.05) is 42.5 Å². The molecule has 3 amide bonds. The van der Waals surface area contributed by atoms with Crippen molar-refractivity contribution in [3.63, 3.8) is 0 Å². The van der Waals surface area contributed by atoms with Gasteiger partial charge in [0.2, 0.25) is 0 Å². The molecule has 3 N–H and O–H groups in total. The van der Waals surface area contributed by atoms with Gasteiger partial charge >= 0.3 is 6.03 Å². The number of rotatable bonds is 5. The van der Waals surface area contributed by atoms with Crippen LogP contribution in [0.25, 0.3) is 22.1 Å². The number of nitrogens with one attached hydrogen (secondary N) is 3. The van der Waals surface area contributed by atoms with Crippen molar-refractivity contribution < 1.29 is 14.0 Å². The highest BCUT2D eigenvalue weighted by Gasteiger charge is 2.35. The number of nitrogens with zero attached hydrogens (tertiary/aromatic N) is 1. The molecule has 32 heavy (non-hydrogen) atoms. The molecule has 0 saturated carbocycles. The summed E-state index contributed by atoms with van der Waals surface area (Å²) in [4.78, 5) is 27.1. The van der Waals surface area contributed by atoms with E-state index in [2.05, 4.69) is 20.9 Å². The molecular formula is C25H28N4O3. The molecule has 1 atom stereocenters. The minimum Gasteiger partial charge on any atom is -0.450 e. The molecule has 1 aromatic heterocycles. The number of furan rings is 1. The van der Waals surface area contributed by atoms with Crippen molar-refractivity contribution in [2.75, 3.05) is 26.7 Å². The van der Waals surface area contributed by atoms with Crippen molar-refractivity contribution in [2.45, 2.75) is 25.4 Å². The van der Waals surface area contributed by atoms with Crippen LogP contribution in [0.15, 0.2) is 52.9 Å². The van der Waals surface area contributed by atoms with Crippen molar-refractivity contribution in [2.24, 2.45) is 5.92 Å². The summed E-state index contributed by atoms with van der Waals surface area (Å²) in [6.45, 7) is 3.59. The fourth-order valence-electron chi connectivity index (χ4n) is 4.96. The van der Waals surface area contributed by atoms with Gasteiger partial charge in [-0.2, -0.15) is 0 Å². The zero-order valence-electron chi connectivity index (χ0n) is 18.2. The Kier molecular flexibility index (Phi) is 5.57. The SMILES string of the molecule is CNC(=O)NCc1ccccc1-c1cccc2cc(C(=O)N[C@H]3CN4CCC3CC4)oc12. The van der Waals surface area contributed by atoms with Crippen LogP contribution >= 0.6 is 0 Å². The van der Waals surface area contributed by atoms with Crippen molar-refractivity contribution in [3.8, 4) is 11.1 Å². The summed E-state index contributed by atoms with van der Waals surface area (Å²) in [5, 5.41) is 9.50. The van der Waals surface area contributed by atoms with E-state index in [4.69, 9.17) is 4.42 Å². The average molecular weight is 433 g/mol. The highest BCUT2D eigenvalue weighted by atomic mass is 16.3. The molecule has 3 saturated heterocycles. The lowest BCUT2D eigenvalue weighted by Crippen LogP contribution is -2.57. The van der Waals surface area contributed by atoms with Crippen LogP contribution in [0.3, 0.4) is 0 Å². The van der Waals surface area contributed by atoms with Gasteiger partial charge in [0.05, 0.1) is 0 Å². The molecule has 3 aliphatic rings. The van der Waals surface area contributed by atoms with Crippen LogP contribution in [-0.4, -0.2) is 49.6 Å². The van der Waals surface area contributed by atoms with E-state index in [1.165, 1.54) is 0 Å². The monoisotopic (exact) mass is 432 g/mol. The quantitative estimate of drug-likeness (QED) is 0.577. The maximum Gasteiger partial charge on any atom is 0.314 e. The molecule has 2 aromatic carbocycles. The molecule has 7 heteroatoms. The number of para-hydroxylation sites is 1.